The molecule has 0 bridgehead atoms. The number of hydrogen-bond donors (Lipinski definition) is 0. The second-order valence-electron chi connectivity index (χ2n) is 7.29. The van der Waals surface area contributed by atoms with Gasteiger partial charge in [0.1, 0.15) is 5.60 Å². The summed E-state index contributed by atoms with van der Waals surface area (Å²) in [6, 6.07) is 3.80. The van der Waals surface area contributed by atoms with Crippen molar-refractivity contribution in [2.45, 2.75) is 46.1 Å². The number of ether oxygens (including phenoxy) is 1. The molecule has 1 saturated carbocycles. The SMILES string of the molecule is Cc1nn(-c2cccnc2)cc1N(CC1CC1)C(=O)OC(C)(C)C. The van der Waals surface area contributed by atoms with Crippen LogP contribution in [0.1, 0.15) is 39.3 Å². The van der Waals surface area contributed by atoms with E-state index in [0.29, 0.717) is 12.5 Å². The number of carbonyl (C=O) groups is 1. The van der Waals surface area contributed by atoms with Crippen LogP contribution in [0.4, 0.5) is 10.5 Å². The minimum absolute atomic E-state index is 0.316. The molecule has 6 heteroatoms. The number of hydrogen-bond acceptors (Lipinski definition) is 4. The Labute approximate surface area is 142 Å². The lowest BCUT2D eigenvalue weighted by molar-refractivity contribution is 0.0578. The van der Waals surface area contributed by atoms with Crippen LogP contribution in [0, 0.1) is 12.8 Å². The Kier molecular flexibility index (Phi) is 4.30. The first-order valence-corrected chi connectivity index (χ1v) is 8.31. The van der Waals surface area contributed by atoms with Gasteiger partial charge in [-0.25, -0.2) is 9.48 Å². The predicted molar refractivity (Wildman–Crippen MR) is 92.4 cm³/mol. The molecular weight excluding hydrogens is 304 g/mol. The van der Waals surface area contributed by atoms with Crippen LogP contribution in [0.2, 0.25) is 0 Å². The van der Waals surface area contributed by atoms with Gasteiger partial charge < -0.3 is 4.74 Å². The van der Waals surface area contributed by atoms with Crippen molar-refractivity contribution in [3.63, 3.8) is 0 Å². The third kappa shape index (κ3) is 3.93. The van der Waals surface area contributed by atoms with Crippen LogP contribution in [-0.4, -0.2) is 33.0 Å². The Hall–Kier alpha value is -2.37. The number of amides is 1. The third-order valence-electron chi connectivity index (χ3n) is 3.83. The van der Waals surface area contributed by atoms with Crippen molar-refractivity contribution in [2.24, 2.45) is 5.92 Å². The molecule has 0 saturated heterocycles. The second-order valence-corrected chi connectivity index (χ2v) is 7.29. The van der Waals surface area contributed by atoms with E-state index in [-0.39, 0.29) is 6.09 Å². The van der Waals surface area contributed by atoms with Gasteiger partial charge in [0.05, 0.1) is 29.5 Å². The first-order valence-electron chi connectivity index (χ1n) is 8.31. The van der Waals surface area contributed by atoms with Gasteiger partial charge in [-0.1, -0.05) is 0 Å². The van der Waals surface area contributed by atoms with E-state index in [9.17, 15) is 4.79 Å². The van der Waals surface area contributed by atoms with Gasteiger partial charge in [-0.3, -0.25) is 9.88 Å². The van der Waals surface area contributed by atoms with Crippen molar-refractivity contribution in [2.75, 3.05) is 11.4 Å². The van der Waals surface area contributed by atoms with Crippen LogP contribution in [0.3, 0.4) is 0 Å². The lowest BCUT2D eigenvalue weighted by Gasteiger charge is -2.27. The summed E-state index contributed by atoms with van der Waals surface area (Å²) in [6.45, 7) is 8.23. The number of aryl methyl sites for hydroxylation is 1. The van der Waals surface area contributed by atoms with Crippen LogP contribution >= 0.6 is 0 Å². The van der Waals surface area contributed by atoms with Gasteiger partial charge >= 0.3 is 6.09 Å². The number of rotatable bonds is 4. The maximum atomic E-state index is 12.7. The van der Waals surface area contributed by atoms with Crippen molar-refractivity contribution in [1.29, 1.82) is 0 Å². The Morgan fingerprint density at radius 1 is 1.42 bits per heavy atom. The van der Waals surface area contributed by atoms with Gasteiger partial charge in [0, 0.05) is 12.7 Å². The summed E-state index contributed by atoms with van der Waals surface area (Å²) in [5.74, 6) is 0.554. The molecule has 0 N–H and O–H groups in total. The second kappa shape index (κ2) is 6.26. The van der Waals surface area contributed by atoms with E-state index in [1.54, 1.807) is 22.0 Å². The molecule has 0 radical (unpaired) electrons. The number of nitrogens with zero attached hydrogens (tertiary/aromatic N) is 4. The third-order valence-corrected chi connectivity index (χ3v) is 3.83. The summed E-state index contributed by atoms with van der Waals surface area (Å²) >= 11 is 0. The Morgan fingerprint density at radius 2 is 2.17 bits per heavy atom. The van der Waals surface area contributed by atoms with Crippen molar-refractivity contribution in [3.8, 4) is 5.69 Å². The zero-order chi connectivity index (χ0) is 17.3. The molecule has 1 aliphatic carbocycles. The lowest BCUT2D eigenvalue weighted by Crippen LogP contribution is -2.38. The highest BCUT2D eigenvalue weighted by Crippen LogP contribution is 2.33. The molecule has 128 valence electrons. The van der Waals surface area contributed by atoms with Crippen LogP contribution in [-0.2, 0) is 4.74 Å². The minimum Gasteiger partial charge on any atom is -0.443 e. The monoisotopic (exact) mass is 328 g/mol. The summed E-state index contributed by atoms with van der Waals surface area (Å²) in [7, 11) is 0. The van der Waals surface area contributed by atoms with Gasteiger partial charge in [-0.15, -0.1) is 0 Å². The topological polar surface area (TPSA) is 60.2 Å². The number of aromatic nitrogens is 3. The molecule has 0 aliphatic heterocycles. The summed E-state index contributed by atoms with van der Waals surface area (Å²) < 4.78 is 7.34. The van der Waals surface area contributed by atoms with E-state index in [2.05, 4.69) is 10.1 Å². The molecule has 0 aromatic carbocycles. The largest absolute Gasteiger partial charge is 0.443 e. The number of anilines is 1. The standard InChI is InChI=1S/C18H24N4O2/c1-13-16(12-22(20-13)15-6-5-9-19-10-15)21(11-14-7-8-14)17(23)24-18(2,3)4/h5-6,9-10,12,14H,7-8,11H2,1-4H3. The Morgan fingerprint density at radius 3 is 2.75 bits per heavy atom. The van der Waals surface area contributed by atoms with Crippen LogP contribution in [0.5, 0.6) is 0 Å². The molecule has 2 aromatic heterocycles. The van der Waals surface area contributed by atoms with Crippen LogP contribution in [0.25, 0.3) is 5.69 Å². The fourth-order valence-electron chi connectivity index (χ4n) is 2.48. The summed E-state index contributed by atoms with van der Waals surface area (Å²) in [6.07, 6.45) is 7.35. The van der Waals surface area contributed by atoms with Crippen molar-refractivity contribution >= 4 is 11.8 Å². The van der Waals surface area contributed by atoms with Gasteiger partial charge in [0.15, 0.2) is 0 Å². The average molecular weight is 328 g/mol. The molecule has 2 aromatic rings. The van der Waals surface area contributed by atoms with Crippen molar-refractivity contribution in [1.82, 2.24) is 14.8 Å². The molecule has 0 atom stereocenters. The predicted octanol–water partition coefficient (Wildman–Crippen LogP) is 3.73. The molecule has 1 aliphatic rings. The van der Waals surface area contributed by atoms with E-state index < -0.39 is 5.60 Å². The van der Waals surface area contributed by atoms with Gasteiger partial charge in [-0.05, 0) is 58.6 Å². The number of carbonyl (C=O) groups excluding carboxylic acids is 1. The quantitative estimate of drug-likeness (QED) is 0.858. The molecule has 24 heavy (non-hydrogen) atoms. The van der Waals surface area contributed by atoms with E-state index in [1.807, 2.05) is 46.0 Å². The molecule has 3 rings (SSSR count). The minimum atomic E-state index is -0.522. The number of pyridine rings is 1. The van der Waals surface area contributed by atoms with E-state index in [4.69, 9.17) is 4.74 Å². The van der Waals surface area contributed by atoms with Gasteiger partial charge in [-0.2, -0.15) is 5.10 Å². The van der Waals surface area contributed by atoms with E-state index >= 15 is 0 Å². The average Bonchev–Trinajstić information content (AvgIpc) is 3.25. The summed E-state index contributed by atoms with van der Waals surface area (Å²) in [5, 5.41) is 4.54. The molecule has 1 amide bonds. The zero-order valence-electron chi connectivity index (χ0n) is 14.7. The van der Waals surface area contributed by atoms with Crippen LogP contribution in [0.15, 0.2) is 30.7 Å². The fourth-order valence-corrected chi connectivity index (χ4v) is 2.48. The molecule has 0 unspecified atom stereocenters. The van der Waals surface area contributed by atoms with Gasteiger partial charge in [0.25, 0.3) is 0 Å². The molecule has 0 spiro atoms. The van der Waals surface area contributed by atoms with E-state index in [0.717, 1.165) is 29.9 Å². The molecule has 1 fully saturated rings. The highest BCUT2D eigenvalue weighted by molar-refractivity contribution is 5.88. The zero-order valence-corrected chi connectivity index (χ0v) is 14.7. The summed E-state index contributed by atoms with van der Waals surface area (Å²) in [4.78, 5) is 18.5. The highest BCUT2D eigenvalue weighted by atomic mass is 16.6. The molecule has 2 heterocycles. The molecular formula is C18H24N4O2. The van der Waals surface area contributed by atoms with E-state index in [1.165, 1.54) is 0 Å². The fraction of sp³-hybridized carbons (Fsp3) is 0.500. The Bertz CT molecular complexity index is 714. The lowest BCUT2D eigenvalue weighted by atomic mass is 10.2. The maximum absolute atomic E-state index is 12.7. The van der Waals surface area contributed by atoms with Crippen LogP contribution < -0.4 is 4.90 Å². The van der Waals surface area contributed by atoms with Crippen molar-refractivity contribution in [3.05, 3.63) is 36.4 Å². The first-order chi connectivity index (χ1) is 11.3. The smallest absolute Gasteiger partial charge is 0.414 e. The summed E-state index contributed by atoms with van der Waals surface area (Å²) in [5.41, 5.74) is 1.93. The first kappa shape index (κ1) is 16.5. The highest BCUT2D eigenvalue weighted by Gasteiger charge is 2.32. The van der Waals surface area contributed by atoms with Gasteiger partial charge in [0.2, 0.25) is 0 Å². The maximum Gasteiger partial charge on any atom is 0.414 e. The normalized spacial score (nSPS) is 14.5. The Balaban J connectivity index is 1.90. The van der Waals surface area contributed by atoms with Crippen molar-refractivity contribution < 1.29 is 9.53 Å². The molecule has 6 nitrogen and oxygen atoms in total.